The van der Waals surface area contributed by atoms with Gasteiger partial charge in [0, 0.05) is 11.1 Å². The van der Waals surface area contributed by atoms with Gasteiger partial charge in [0.05, 0.1) is 12.4 Å². The highest BCUT2D eigenvalue weighted by molar-refractivity contribution is 5.90. The Hall–Kier alpha value is -2.22. The highest BCUT2D eigenvalue weighted by Crippen LogP contribution is 2.15. The van der Waals surface area contributed by atoms with Gasteiger partial charge in [0.25, 0.3) is 0 Å². The normalized spacial score (nSPS) is 19.2. The molecule has 0 aromatic carbocycles. The molecular formula is C14H12N2. The van der Waals surface area contributed by atoms with Gasteiger partial charge < -0.3 is 0 Å². The summed E-state index contributed by atoms with van der Waals surface area (Å²) in [5, 5.41) is 7.93. The van der Waals surface area contributed by atoms with Crippen LogP contribution in [0.3, 0.4) is 0 Å². The molecule has 0 N–H and O–H groups in total. The largest absolute Gasteiger partial charge is 0.158 e. The van der Waals surface area contributed by atoms with Crippen LogP contribution in [0.1, 0.15) is 0 Å². The first kappa shape index (κ1) is 10.3. The number of hydrogen-bond acceptors (Lipinski definition) is 2. The highest BCUT2D eigenvalue weighted by atomic mass is 15.2. The average Bonchev–Trinajstić information content (AvgIpc) is 2.84. The summed E-state index contributed by atoms with van der Waals surface area (Å²) in [5.41, 5.74) is 3.92. The van der Waals surface area contributed by atoms with Crippen molar-refractivity contribution in [3.63, 3.8) is 0 Å². The Morgan fingerprint density at radius 1 is 0.812 bits per heavy atom. The van der Waals surface area contributed by atoms with E-state index in [0.29, 0.717) is 0 Å². The standard InChI is InChI=1S/C14H12N2/c1-11-5-3-7-13(11)9-15-16-10-14-8-4-6-12(14)2/h3-10H,1-2H2/b15-9-,16-10-. The van der Waals surface area contributed by atoms with Crippen LogP contribution in [0.5, 0.6) is 0 Å². The minimum atomic E-state index is 0.963. The number of hydrogen-bond donors (Lipinski definition) is 0. The molecule has 0 amide bonds. The Bertz CT molecular complexity index is 461. The van der Waals surface area contributed by atoms with Crippen LogP contribution in [0, 0.1) is 0 Å². The van der Waals surface area contributed by atoms with E-state index >= 15 is 0 Å². The molecule has 2 rings (SSSR count). The monoisotopic (exact) mass is 208 g/mol. The summed E-state index contributed by atoms with van der Waals surface area (Å²) in [6.45, 7) is 7.74. The van der Waals surface area contributed by atoms with E-state index in [1.165, 1.54) is 0 Å². The summed E-state index contributed by atoms with van der Waals surface area (Å²) in [7, 11) is 0. The third-order valence-electron chi connectivity index (χ3n) is 2.35. The van der Waals surface area contributed by atoms with E-state index in [-0.39, 0.29) is 0 Å². The molecule has 0 saturated heterocycles. The second-order valence-corrected chi connectivity index (χ2v) is 3.50. The van der Waals surface area contributed by atoms with Gasteiger partial charge in [-0.1, -0.05) is 49.6 Å². The van der Waals surface area contributed by atoms with Crippen molar-refractivity contribution in [2.24, 2.45) is 10.2 Å². The van der Waals surface area contributed by atoms with Gasteiger partial charge in [-0.05, 0) is 11.1 Å². The van der Waals surface area contributed by atoms with Gasteiger partial charge in [-0.25, -0.2) is 0 Å². The van der Waals surface area contributed by atoms with Gasteiger partial charge in [0.2, 0.25) is 0 Å². The molecule has 0 saturated carbocycles. The molecular weight excluding hydrogens is 196 g/mol. The summed E-state index contributed by atoms with van der Waals surface area (Å²) in [6.07, 6.45) is 15.1. The maximum absolute atomic E-state index is 3.97. The fourth-order valence-electron chi connectivity index (χ4n) is 1.39. The Balaban J connectivity index is 1.93. The van der Waals surface area contributed by atoms with Crippen LogP contribution in [0.15, 0.2) is 82.1 Å². The molecule has 0 bridgehead atoms. The molecule has 2 aliphatic carbocycles. The molecule has 0 aromatic heterocycles. The Morgan fingerprint density at radius 2 is 1.25 bits per heavy atom. The molecule has 78 valence electrons. The maximum atomic E-state index is 3.97. The van der Waals surface area contributed by atoms with Crippen molar-refractivity contribution in [1.82, 2.24) is 0 Å². The SMILES string of the molecule is C=C1C=CC=C1/C=N\N=C/C1=CC=CC1=C. The van der Waals surface area contributed by atoms with Crippen molar-refractivity contribution in [3.05, 3.63) is 71.9 Å². The molecule has 0 radical (unpaired) electrons. The second kappa shape index (κ2) is 4.53. The molecule has 0 spiro atoms. The maximum Gasteiger partial charge on any atom is 0.0573 e. The summed E-state index contributed by atoms with van der Waals surface area (Å²) in [4.78, 5) is 0. The summed E-state index contributed by atoms with van der Waals surface area (Å²) >= 11 is 0. The van der Waals surface area contributed by atoms with Crippen molar-refractivity contribution < 1.29 is 0 Å². The number of rotatable bonds is 3. The van der Waals surface area contributed by atoms with Gasteiger partial charge in [0.15, 0.2) is 0 Å². The second-order valence-electron chi connectivity index (χ2n) is 3.50. The Kier molecular flexibility index (Phi) is 2.92. The fourth-order valence-corrected chi connectivity index (χ4v) is 1.39. The first-order valence-corrected chi connectivity index (χ1v) is 4.99. The van der Waals surface area contributed by atoms with E-state index < -0.39 is 0 Å². The molecule has 0 heterocycles. The quantitative estimate of drug-likeness (QED) is 0.503. The van der Waals surface area contributed by atoms with Crippen LogP contribution in [0.2, 0.25) is 0 Å². The third-order valence-corrected chi connectivity index (χ3v) is 2.35. The van der Waals surface area contributed by atoms with Gasteiger partial charge in [-0.2, -0.15) is 10.2 Å². The molecule has 2 aliphatic rings. The lowest BCUT2D eigenvalue weighted by atomic mass is 10.2. The summed E-state index contributed by atoms with van der Waals surface area (Å²) in [5.74, 6) is 0. The number of allylic oxidation sites excluding steroid dienone is 10. The highest BCUT2D eigenvalue weighted by Gasteiger charge is 2.00. The molecule has 0 aliphatic heterocycles. The lowest BCUT2D eigenvalue weighted by molar-refractivity contribution is 1.26. The predicted molar refractivity (Wildman–Crippen MR) is 69.7 cm³/mol. The molecule has 2 nitrogen and oxygen atoms in total. The molecule has 0 fully saturated rings. The minimum absolute atomic E-state index is 0.963. The minimum Gasteiger partial charge on any atom is -0.158 e. The Morgan fingerprint density at radius 3 is 1.56 bits per heavy atom. The topological polar surface area (TPSA) is 24.7 Å². The van der Waals surface area contributed by atoms with E-state index in [4.69, 9.17) is 0 Å². The van der Waals surface area contributed by atoms with Crippen LogP contribution in [-0.4, -0.2) is 12.4 Å². The van der Waals surface area contributed by atoms with Crippen LogP contribution in [-0.2, 0) is 0 Å². The van der Waals surface area contributed by atoms with Crippen molar-refractivity contribution in [1.29, 1.82) is 0 Å². The fraction of sp³-hybridized carbons (Fsp3) is 0. The van der Waals surface area contributed by atoms with Crippen molar-refractivity contribution >= 4 is 12.4 Å². The average molecular weight is 208 g/mol. The van der Waals surface area contributed by atoms with Crippen LogP contribution >= 0.6 is 0 Å². The van der Waals surface area contributed by atoms with E-state index in [1.807, 2.05) is 36.5 Å². The van der Waals surface area contributed by atoms with E-state index in [0.717, 1.165) is 22.3 Å². The van der Waals surface area contributed by atoms with Gasteiger partial charge in [-0.15, -0.1) is 0 Å². The smallest absolute Gasteiger partial charge is 0.0573 e. The molecule has 16 heavy (non-hydrogen) atoms. The first-order chi connectivity index (χ1) is 7.77. The lowest BCUT2D eigenvalue weighted by Gasteiger charge is -1.93. The zero-order valence-electron chi connectivity index (χ0n) is 8.93. The molecule has 0 atom stereocenters. The first-order valence-electron chi connectivity index (χ1n) is 4.99. The van der Waals surface area contributed by atoms with E-state index in [2.05, 4.69) is 23.4 Å². The molecule has 2 heteroatoms. The van der Waals surface area contributed by atoms with Crippen molar-refractivity contribution in [3.8, 4) is 0 Å². The lowest BCUT2D eigenvalue weighted by Crippen LogP contribution is -1.84. The zero-order chi connectivity index (χ0) is 11.4. The number of nitrogens with zero attached hydrogens (tertiary/aromatic N) is 2. The summed E-state index contributed by atoms with van der Waals surface area (Å²) < 4.78 is 0. The molecule has 0 unspecified atom stereocenters. The summed E-state index contributed by atoms with van der Waals surface area (Å²) in [6, 6.07) is 0. The van der Waals surface area contributed by atoms with E-state index in [1.54, 1.807) is 12.4 Å². The zero-order valence-corrected chi connectivity index (χ0v) is 8.93. The predicted octanol–water partition coefficient (Wildman–Crippen LogP) is 3.15. The van der Waals surface area contributed by atoms with Crippen LogP contribution in [0.4, 0.5) is 0 Å². The van der Waals surface area contributed by atoms with Crippen molar-refractivity contribution in [2.45, 2.75) is 0 Å². The van der Waals surface area contributed by atoms with Gasteiger partial charge in [0.1, 0.15) is 0 Å². The Labute approximate surface area is 95.1 Å². The van der Waals surface area contributed by atoms with E-state index in [9.17, 15) is 0 Å². The van der Waals surface area contributed by atoms with Crippen LogP contribution < -0.4 is 0 Å². The van der Waals surface area contributed by atoms with Crippen LogP contribution in [0.25, 0.3) is 0 Å². The van der Waals surface area contributed by atoms with Crippen molar-refractivity contribution in [2.75, 3.05) is 0 Å². The van der Waals surface area contributed by atoms with Gasteiger partial charge >= 0.3 is 0 Å². The third kappa shape index (κ3) is 2.23. The van der Waals surface area contributed by atoms with Gasteiger partial charge in [-0.3, -0.25) is 0 Å². The molecule has 0 aromatic rings.